The summed E-state index contributed by atoms with van der Waals surface area (Å²) in [7, 11) is -1.51. The number of esters is 1. The lowest BCUT2D eigenvalue weighted by molar-refractivity contribution is 0.0380. The average Bonchev–Trinajstić information content (AvgIpc) is 2.64. The highest BCUT2D eigenvalue weighted by Gasteiger charge is 2.18. The second kappa shape index (κ2) is 4.94. The van der Waals surface area contributed by atoms with Crippen molar-refractivity contribution in [1.29, 1.82) is 0 Å². The molecule has 0 unspecified atom stereocenters. The topological polar surface area (TPSA) is 65.4 Å². The molecule has 0 spiro atoms. The van der Waals surface area contributed by atoms with E-state index in [1.807, 2.05) is 0 Å². The largest absolute Gasteiger partial charge is 0.459 e. The standard InChI is InChI=1S/C14H17NO4S/c1-9(2)19-14(16)12-8-15(3)13-6-5-10(7-11(12)13)20(4,17)18/h5-9H,1-4H3. The Morgan fingerprint density at radius 3 is 2.50 bits per heavy atom. The van der Waals surface area contributed by atoms with Gasteiger partial charge in [0.2, 0.25) is 0 Å². The highest BCUT2D eigenvalue weighted by molar-refractivity contribution is 7.90. The number of hydrogen-bond donors (Lipinski definition) is 0. The quantitative estimate of drug-likeness (QED) is 0.814. The van der Waals surface area contributed by atoms with Crippen molar-refractivity contribution in [1.82, 2.24) is 4.57 Å². The molecule has 0 aliphatic rings. The van der Waals surface area contributed by atoms with Crippen LogP contribution in [0.2, 0.25) is 0 Å². The minimum atomic E-state index is -3.31. The minimum absolute atomic E-state index is 0.190. The van der Waals surface area contributed by atoms with Gasteiger partial charge in [-0.05, 0) is 32.0 Å². The molecule has 1 aromatic heterocycles. The molecule has 0 aliphatic carbocycles. The summed E-state index contributed by atoms with van der Waals surface area (Å²) in [6.07, 6.45) is 2.57. The number of aromatic nitrogens is 1. The molecule has 0 amide bonds. The fraction of sp³-hybridized carbons (Fsp3) is 0.357. The summed E-state index contributed by atoms with van der Waals surface area (Å²) in [5.74, 6) is -0.448. The van der Waals surface area contributed by atoms with Crippen LogP contribution >= 0.6 is 0 Å². The highest BCUT2D eigenvalue weighted by atomic mass is 32.2. The second-order valence-electron chi connectivity index (χ2n) is 5.06. The van der Waals surface area contributed by atoms with E-state index in [4.69, 9.17) is 4.74 Å². The van der Waals surface area contributed by atoms with Gasteiger partial charge in [0.25, 0.3) is 0 Å². The maximum atomic E-state index is 12.1. The Balaban J connectivity index is 2.64. The van der Waals surface area contributed by atoms with Gasteiger partial charge in [-0.25, -0.2) is 13.2 Å². The van der Waals surface area contributed by atoms with Crippen LogP contribution in [0.1, 0.15) is 24.2 Å². The van der Waals surface area contributed by atoms with Crippen LogP contribution < -0.4 is 0 Å². The molecule has 0 N–H and O–H groups in total. The van der Waals surface area contributed by atoms with E-state index in [1.54, 1.807) is 37.7 Å². The number of fused-ring (bicyclic) bond motifs is 1. The molecule has 5 nitrogen and oxygen atoms in total. The summed E-state index contributed by atoms with van der Waals surface area (Å²) in [5, 5.41) is 0.584. The summed E-state index contributed by atoms with van der Waals surface area (Å²) < 4.78 is 30.2. The molecule has 2 aromatic rings. The van der Waals surface area contributed by atoms with Gasteiger partial charge >= 0.3 is 5.97 Å². The average molecular weight is 295 g/mol. The van der Waals surface area contributed by atoms with E-state index in [9.17, 15) is 13.2 Å². The maximum absolute atomic E-state index is 12.1. The number of benzene rings is 1. The van der Waals surface area contributed by atoms with Gasteiger partial charge < -0.3 is 9.30 Å². The van der Waals surface area contributed by atoms with E-state index in [-0.39, 0.29) is 11.0 Å². The molecule has 1 heterocycles. The van der Waals surface area contributed by atoms with Crippen LogP contribution in [0, 0.1) is 0 Å². The monoisotopic (exact) mass is 295 g/mol. The summed E-state index contributed by atoms with van der Waals surface area (Å²) in [5.41, 5.74) is 1.16. The fourth-order valence-electron chi connectivity index (χ4n) is 2.04. The Bertz CT molecular complexity index is 772. The Kier molecular flexibility index (Phi) is 3.60. The number of aryl methyl sites for hydroxylation is 1. The lowest BCUT2D eigenvalue weighted by Gasteiger charge is -2.07. The van der Waals surface area contributed by atoms with E-state index < -0.39 is 15.8 Å². The van der Waals surface area contributed by atoms with Crippen LogP contribution in [0.3, 0.4) is 0 Å². The first-order valence-electron chi connectivity index (χ1n) is 6.20. The Labute approximate surface area is 118 Å². The van der Waals surface area contributed by atoms with Crippen LogP contribution in [0.4, 0.5) is 0 Å². The maximum Gasteiger partial charge on any atom is 0.340 e. The van der Waals surface area contributed by atoms with Crippen LogP contribution in [-0.2, 0) is 21.6 Å². The SMILES string of the molecule is CC(C)OC(=O)c1cn(C)c2ccc(S(C)(=O)=O)cc12. The molecule has 108 valence electrons. The third kappa shape index (κ3) is 2.70. The Morgan fingerprint density at radius 1 is 1.30 bits per heavy atom. The minimum Gasteiger partial charge on any atom is -0.459 e. The van der Waals surface area contributed by atoms with Crippen molar-refractivity contribution in [3.63, 3.8) is 0 Å². The smallest absolute Gasteiger partial charge is 0.340 e. The first-order valence-corrected chi connectivity index (χ1v) is 8.09. The number of carbonyl (C=O) groups is 1. The van der Waals surface area contributed by atoms with Crippen LogP contribution in [0.25, 0.3) is 10.9 Å². The summed E-state index contributed by atoms with van der Waals surface area (Å²) in [6, 6.07) is 4.74. The predicted octanol–water partition coefficient (Wildman–Crippen LogP) is 2.15. The van der Waals surface area contributed by atoms with E-state index in [0.717, 1.165) is 11.8 Å². The van der Waals surface area contributed by atoms with E-state index >= 15 is 0 Å². The van der Waals surface area contributed by atoms with Gasteiger partial charge in [-0.2, -0.15) is 0 Å². The molecular formula is C14H17NO4S. The van der Waals surface area contributed by atoms with Crippen LogP contribution in [-0.4, -0.2) is 31.3 Å². The molecule has 0 bridgehead atoms. The number of sulfone groups is 1. The summed E-state index contributed by atoms with van der Waals surface area (Å²) in [4.78, 5) is 12.2. The van der Waals surface area contributed by atoms with E-state index in [0.29, 0.717) is 10.9 Å². The highest BCUT2D eigenvalue weighted by Crippen LogP contribution is 2.25. The number of hydrogen-bond acceptors (Lipinski definition) is 4. The zero-order valence-electron chi connectivity index (χ0n) is 11.9. The fourth-order valence-corrected chi connectivity index (χ4v) is 2.69. The summed E-state index contributed by atoms with van der Waals surface area (Å²) in [6.45, 7) is 3.54. The molecule has 1 aromatic carbocycles. The van der Waals surface area contributed by atoms with Gasteiger partial charge in [-0.15, -0.1) is 0 Å². The van der Waals surface area contributed by atoms with Gasteiger partial charge in [-0.1, -0.05) is 0 Å². The normalized spacial score (nSPS) is 12.1. The first-order chi connectivity index (χ1) is 9.20. The molecular weight excluding hydrogens is 278 g/mol. The molecule has 0 aliphatic heterocycles. The second-order valence-corrected chi connectivity index (χ2v) is 7.07. The molecule has 6 heteroatoms. The predicted molar refractivity (Wildman–Crippen MR) is 76.6 cm³/mol. The molecule has 0 saturated carbocycles. The summed E-state index contributed by atoms with van der Waals surface area (Å²) >= 11 is 0. The lowest BCUT2D eigenvalue weighted by atomic mass is 10.2. The molecule has 0 fully saturated rings. The number of nitrogens with zero attached hydrogens (tertiary/aromatic N) is 1. The lowest BCUT2D eigenvalue weighted by Crippen LogP contribution is -2.11. The Hall–Kier alpha value is -1.82. The zero-order chi connectivity index (χ0) is 15.1. The molecule has 0 radical (unpaired) electrons. The molecule has 0 saturated heterocycles. The van der Waals surface area contributed by atoms with Crippen LogP contribution in [0.15, 0.2) is 29.3 Å². The number of carbonyl (C=O) groups excluding carboxylic acids is 1. The molecule has 2 rings (SSSR count). The van der Waals surface area contributed by atoms with Crippen molar-refractivity contribution in [2.24, 2.45) is 7.05 Å². The van der Waals surface area contributed by atoms with Gasteiger partial charge in [0.05, 0.1) is 16.6 Å². The van der Waals surface area contributed by atoms with Crippen molar-refractivity contribution in [3.8, 4) is 0 Å². The van der Waals surface area contributed by atoms with Crippen molar-refractivity contribution in [2.75, 3.05) is 6.26 Å². The van der Waals surface area contributed by atoms with E-state index in [2.05, 4.69) is 0 Å². The number of rotatable bonds is 3. The van der Waals surface area contributed by atoms with Gasteiger partial charge in [-0.3, -0.25) is 0 Å². The van der Waals surface area contributed by atoms with Gasteiger partial charge in [0.1, 0.15) is 0 Å². The van der Waals surface area contributed by atoms with Crippen molar-refractivity contribution < 1.29 is 17.9 Å². The third-order valence-corrected chi connectivity index (χ3v) is 4.06. The van der Waals surface area contributed by atoms with E-state index in [1.165, 1.54) is 12.1 Å². The van der Waals surface area contributed by atoms with Crippen molar-refractivity contribution >= 4 is 26.7 Å². The van der Waals surface area contributed by atoms with Crippen molar-refractivity contribution in [3.05, 3.63) is 30.0 Å². The molecule has 0 atom stereocenters. The van der Waals surface area contributed by atoms with Gasteiger partial charge in [0, 0.05) is 30.4 Å². The van der Waals surface area contributed by atoms with Crippen molar-refractivity contribution in [2.45, 2.75) is 24.8 Å². The number of ether oxygens (including phenoxy) is 1. The Morgan fingerprint density at radius 2 is 1.95 bits per heavy atom. The third-order valence-electron chi connectivity index (χ3n) is 2.95. The first kappa shape index (κ1) is 14.6. The van der Waals surface area contributed by atoms with Crippen LogP contribution in [0.5, 0.6) is 0 Å². The molecule has 20 heavy (non-hydrogen) atoms. The van der Waals surface area contributed by atoms with Gasteiger partial charge in [0.15, 0.2) is 9.84 Å². The zero-order valence-corrected chi connectivity index (χ0v) is 12.7.